The lowest BCUT2D eigenvalue weighted by Gasteiger charge is -2.10. The highest BCUT2D eigenvalue weighted by atomic mass is 79.9. The Labute approximate surface area is 140 Å². The Morgan fingerprint density at radius 2 is 2.09 bits per heavy atom. The van der Waals surface area contributed by atoms with Crippen molar-refractivity contribution in [3.63, 3.8) is 0 Å². The summed E-state index contributed by atoms with van der Waals surface area (Å²) >= 11 is 9.15. The Balaban J connectivity index is 1.94. The van der Waals surface area contributed by atoms with Crippen molar-refractivity contribution in [2.24, 2.45) is 0 Å². The summed E-state index contributed by atoms with van der Waals surface area (Å²) in [5.74, 6) is -0.322. The van der Waals surface area contributed by atoms with Gasteiger partial charge in [-0.2, -0.15) is 0 Å². The fourth-order valence-corrected chi connectivity index (χ4v) is 2.33. The summed E-state index contributed by atoms with van der Waals surface area (Å²) in [6, 6.07) is 9.49. The lowest BCUT2D eigenvalue weighted by molar-refractivity contribution is -0.114. The molecule has 2 aromatic carbocycles. The molecule has 0 fully saturated rings. The second-order valence-electron chi connectivity index (χ2n) is 4.38. The van der Waals surface area contributed by atoms with Gasteiger partial charge in [0.15, 0.2) is 0 Å². The summed E-state index contributed by atoms with van der Waals surface area (Å²) in [6.07, 6.45) is 0. The molecule has 0 spiro atoms. The van der Waals surface area contributed by atoms with Crippen molar-refractivity contribution in [1.82, 2.24) is 0 Å². The van der Waals surface area contributed by atoms with Crippen LogP contribution in [0.5, 0.6) is 5.75 Å². The molecule has 0 saturated heterocycles. The Kier molecular flexibility index (Phi) is 5.63. The zero-order valence-corrected chi connectivity index (χ0v) is 14.0. The van der Waals surface area contributed by atoms with Crippen LogP contribution in [-0.4, -0.2) is 19.6 Å². The Bertz CT molecular complexity index is 697. The van der Waals surface area contributed by atoms with Gasteiger partial charge in [-0.3, -0.25) is 4.79 Å². The van der Waals surface area contributed by atoms with Gasteiger partial charge in [-0.1, -0.05) is 27.5 Å². The maximum absolute atomic E-state index is 13.6. The Hall–Kier alpha value is -1.79. The maximum Gasteiger partial charge on any atom is 0.243 e. The maximum atomic E-state index is 13.6. The van der Waals surface area contributed by atoms with E-state index in [4.69, 9.17) is 16.3 Å². The third-order valence-electron chi connectivity index (χ3n) is 2.81. The van der Waals surface area contributed by atoms with Crippen LogP contribution in [0.25, 0.3) is 0 Å². The molecule has 0 aliphatic heterocycles. The lowest BCUT2D eigenvalue weighted by Crippen LogP contribution is -2.22. The van der Waals surface area contributed by atoms with E-state index in [0.29, 0.717) is 20.9 Å². The number of nitrogens with one attached hydrogen (secondary N) is 2. The van der Waals surface area contributed by atoms with E-state index in [0.717, 1.165) is 0 Å². The molecule has 1 amide bonds. The molecule has 0 heterocycles. The second kappa shape index (κ2) is 7.47. The molecule has 22 heavy (non-hydrogen) atoms. The number of hydrogen-bond donors (Lipinski definition) is 2. The monoisotopic (exact) mass is 386 g/mol. The van der Waals surface area contributed by atoms with Crippen molar-refractivity contribution < 1.29 is 13.9 Å². The van der Waals surface area contributed by atoms with E-state index in [1.165, 1.54) is 19.2 Å². The molecule has 2 rings (SSSR count). The van der Waals surface area contributed by atoms with Gasteiger partial charge in [-0.25, -0.2) is 4.39 Å². The standard InChI is InChI=1S/C15H13BrClFN2O2/c1-22-14-5-3-10(7-11(14)17)19-8-15(21)20-13-4-2-9(16)6-12(13)18/h2-7,19H,8H2,1H3,(H,20,21). The molecule has 116 valence electrons. The summed E-state index contributed by atoms with van der Waals surface area (Å²) in [6.45, 7) is -0.0157. The van der Waals surface area contributed by atoms with Crippen LogP contribution >= 0.6 is 27.5 Å². The normalized spacial score (nSPS) is 10.2. The van der Waals surface area contributed by atoms with Gasteiger partial charge in [0.2, 0.25) is 5.91 Å². The van der Waals surface area contributed by atoms with E-state index >= 15 is 0 Å². The molecular weight excluding hydrogens is 375 g/mol. The highest BCUT2D eigenvalue weighted by molar-refractivity contribution is 9.10. The van der Waals surface area contributed by atoms with Crippen LogP contribution in [-0.2, 0) is 4.79 Å². The average molecular weight is 388 g/mol. The van der Waals surface area contributed by atoms with Crippen molar-refractivity contribution in [3.05, 3.63) is 51.7 Å². The minimum atomic E-state index is -0.504. The smallest absolute Gasteiger partial charge is 0.243 e. The van der Waals surface area contributed by atoms with E-state index in [1.54, 1.807) is 24.3 Å². The highest BCUT2D eigenvalue weighted by Crippen LogP contribution is 2.27. The summed E-state index contributed by atoms with van der Waals surface area (Å²) in [5.41, 5.74) is 0.792. The molecule has 0 radical (unpaired) electrons. The fraction of sp³-hybridized carbons (Fsp3) is 0.133. The van der Waals surface area contributed by atoms with E-state index in [1.807, 2.05) is 0 Å². The third kappa shape index (κ3) is 4.35. The number of benzene rings is 2. The van der Waals surface area contributed by atoms with Crippen molar-refractivity contribution in [2.45, 2.75) is 0 Å². The number of hydrogen-bond acceptors (Lipinski definition) is 3. The van der Waals surface area contributed by atoms with Gasteiger partial charge < -0.3 is 15.4 Å². The van der Waals surface area contributed by atoms with Crippen molar-refractivity contribution in [3.8, 4) is 5.75 Å². The van der Waals surface area contributed by atoms with E-state index in [2.05, 4.69) is 26.6 Å². The number of methoxy groups -OCH3 is 1. The molecule has 0 aromatic heterocycles. The van der Waals surface area contributed by atoms with Crippen molar-refractivity contribution in [1.29, 1.82) is 0 Å². The number of halogens is 3. The molecule has 4 nitrogen and oxygen atoms in total. The van der Waals surface area contributed by atoms with E-state index < -0.39 is 5.82 Å². The number of carbonyl (C=O) groups is 1. The fourth-order valence-electron chi connectivity index (χ4n) is 1.74. The first-order valence-corrected chi connectivity index (χ1v) is 7.49. The van der Waals surface area contributed by atoms with Gasteiger partial charge in [-0.15, -0.1) is 0 Å². The first kappa shape index (κ1) is 16.6. The molecule has 0 bridgehead atoms. The summed E-state index contributed by atoms with van der Waals surface area (Å²) in [4.78, 5) is 11.8. The molecule has 0 atom stereocenters. The van der Waals surface area contributed by atoms with Gasteiger partial charge >= 0.3 is 0 Å². The molecular formula is C15H13BrClFN2O2. The predicted molar refractivity (Wildman–Crippen MR) is 89.2 cm³/mol. The van der Waals surface area contributed by atoms with Crippen LogP contribution in [0.15, 0.2) is 40.9 Å². The van der Waals surface area contributed by atoms with Gasteiger partial charge in [0.05, 0.1) is 24.4 Å². The van der Waals surface area contributed by atoms with Gasteiger partial charge in [0, 0.05) is 10.2 Å². The minimum absolute atomic E-state index is 0.0157. The van der Waals surface area contributed by atoms with Gasteiger partial charge in [0.25, 0.3) is 0 Å². The van der Waals surface area contributed by atoms with Crippen LogP contribution in [0, 0.1) is 5.82 Å². The largest absolute Gasteiger partial charge is 0.495 e. The topological polar surface area (TPSA) is 50.4 Å². The first-order chi connectivity index (χ1) is 10.5. The Morgan fingerprint density at radius 3 is 2.73 bits per heavy atom. The van der Waals surface area contributed by atoms with Gasteiger partial charge in [0.1, 0.15) is 11.6 Å². The zero-order chi connectivity index (χ0) is 16.1. The van der Waals surface area contributed by atoms with E-state index in [-0.39, 0.29) is 18.1 Å². The Morgan fingerprint density at radius 1 is 1.32 bits per heavy atom. The third-order valence-corrected chi connectivity index (χ3v) is 3.60. The molecule has 0 aliphatic rings. The SMILES string of the molecule is COc1ccc(NCC(=O)Nc2ccc(Br)cc2F)cc1Cl. The first-order valence-electron chi connectivity index (χ1n) is 6.32. The van der Waals surface area contributed by atoms with Crippen LogP contribution in [0.2, 0.25) is 5.02 Å². The van der Waals surface area contributed by atoms with Crippen LogP contribution in [0.3, 0.4) is 0 Å². The van der Waals surface area contributed by atoms with Crippen LogP contribution in [0.1, 0.15) is 0 Å². The zero-order valence-electron chi connectivity index (χ0n) is 11.6. The molecule has 7 heteroatoms. The lowest BCUT2D eigenvalue weighted by atomic mass is 10.3. The molecule has 0 saturated carbocycles. The number of rotatable bonds is 5. The summed E-state index contributed by atoms with van der Waals surface area (Å²) in [5, 5.41) is 5.83. The number of amides is 1. The van der Waals surface area contributed by atoms with Crippen molar-refractivity contribution >= 4 is 44.8 Å². The van der Waals surface area contributed by atoms with E-state index in [9.17, 15) is 9.18 Å². The molecule has 2 aromatic rings. The average Bonchev–Trinajstić information content (AvgIpc) is 2.48. The molecule has 2 N–H and O–H groups in total. The molecule has 0 aliphatic carbocycles. The van der Waals surface area contributed by atoms with Gasteiger partial charge in [-0.05, 0) is 36.4 Å². The van der Waals surface area contributed by atoms with Crippen LogP contribution in [0.4, 0.5) is 15.8 Å². The number of anilines is 2. The summed E-state index contributed by atoms with van der Waals surface area (Å²) in [7, 11) is 1.52. The summed E-state index contributed by atoms with van der Waals surface area (Å²) < 4.78 is 19.3. The minimum Gasteiger partial charge on any atom is -0.495 e. The number of ether oxygens (including phenoxy) is 1. The quantitative estimate of drug-likeness (QED) is 0.804. The highest BCUT2D eigenvalue weighted by Gasteiger charge is 2.08. The van der Waals surface area contributed by atoms with Crippen LogP contribution < -0.4 is 15.4 Å². The molecule has 0 unspecified atom stereocenters. The predicted octanol–water partition coefficient (Wildman–Crippen LogP) is 4.30. The van der Waals surface area contributed by atoms with Crippen molar-refractivity contribution in [2.75, 3.05) is 24.3 Å². The number of carbonyl (C=O) groups excluding carboxylic acids is 1. The second-order valence-corrected chi connectivity index (χ2v) is 5.70.